The Hall–Kier alpha value is -2.97. The van der Waals surface area contributed by atoms with E-state index in [4.69, 9.17) is 4.52 Å². The van der Waals surface area contributed by atoms with Crippen LogP contribution < -0.4 is 10.6 Å². The number of rotatable bonds is 4. The van der Waals surface area contributed by atoms with Crippen LogP contribution in [0.15, 0.2) is 29.0 Å². The molecule has 1 aliphatic rings. The molecule has 0 aliphatic carbocycles. The van der Waals surface area contributed by atoms with Gasteiger partial charge in [-0.05, 0) is 17.7 Å². The van der Waals surface area contributed by atoms with Crippen molar-refractivity contribution in [3.8, 4) is 0 Å². The van der Waals surface area contributed by atoms with Gasteiger partial charge in [0.1, 0.15) is 0 Å². The minimum atomic E-state index is -0.436. The summed E-state index contributed by atoms with van der Waals surface area (Å²) in [6.07, 6.45) is 3.50. The summed E-state index contributed by atoms with van der Waals surface area (Å²) in [6.45, 7) is 1.39. The Kier molecular flexibility index (Phi) is 4.18. The monoisotopic (exact) mass is 316 g/mol. The zero-order valence-corrected chi connectivity index (χ0v) is 12.5. The van der Waals surface area contributed by atoms with Crippen LogP contribution >= 0.6 is 0 Å². The highest BCUT2D eigenvalue weighted by atomic mass is 16.5. The Morgan fingerprint density at radius 1 is 1.35 bits per heavy atom. The Morgan fingerprint density at radius 2 is 2.09 bits per heavy atom. The van der Waals surface area contributed by atoms with Crippen molar-refractivity contribution < 1.29 is 14.1 Å². The number of aromatic nitrogens is 3. The van der Waals surface area contributed by atoms with Crippen LogP contribution in [0.1, 0.15) is 28.0 Å². The number of hydrogen-bond acceptors (Lipinski definition) is 6. The van der Waals surface area contributed by atoms with Crippen molar-refractivity contribution in [2.75, 3.05) is 20.1 Å². The molecule has 1 aliphatic heterocycles. The largest absolute Gasteiger partial charge is 0.352 e. The molecule has 23 heavy (non-hydrogen) atoms. The molecule has 9 heteroatoms. The van der Waals surface area contributed by atoms with Gasteiger partial charge in [-0.1, -0.05) is 5.16 Å². The molecule has 3 amide bonds. The first-order valence-electron chi connectivity index (χ1n) is 7.14. The maximum atomic E-state index is 12.0. The zero-order valence-electron chi connectivity index (χ0n) is 12.5. The van der Waals surface area contributed by atoms with E-state index in [1.165, 1.54) is 12.6 Å². The summed E-state index contributed by atoms with van der Waals surface area (Å²) in [5.74, 6) is 0.0304. The van der Waals surface area contributed by atoms with Crippen molar-refractivity contribution in [2.45, 2.75) is 12.5 Å². The van der Waals surface area contributed by atoms with Crippen LogP contribution in [0.3, 0.4) is 0 Å². The molecule has 9 nitrogen and oxygen atoms in total. The van der Waals surface area contributed by atoms with E-state index in [9.17, 15) is 9.59 Å². The molecule has 120 valence electrons. The van der Waals surface area contributed by atoms with E-state index in [2.05, 4.69) is 25.8 Å². The first-order valence-corrected chi connectivity index (χ1v) is 7.14. The Bertz CT molecular complexity index is 696. The summed E-state index contributed by atoms with van der Waals surface area (Å²) >= 11 is 0. The maximum absolute atomic E-state index is 12.0. The van der Waals surface area contributed by atoms with Gasteiger partial charge >= 0.3 is 6.03 Å². The van der Waals surface area contributed by atoms with E-state index in [1.54, 1.807) is 17.3 Å². The number of urea groups is 1. The SMILES string of the molecule is CNC(=O)c1noc(CNC(=O)N2CC(c3ccncc3)C2)n1. The molecule has 0 saturated carbocycles. The number of likely N-dealkylation sites (tertiary alicyclic amines) is 1. The molecule has 0 aromatic carbocycles. The quantitative estimate of drug-likeness (QED) is 0.829. The summed E-state index contributed by atoms with van der Waals surface area (Å²) in [4.78, 5) is 32.9. The van der Waals surface area contributed by atoms with Crippen molar-refractivity contribution >= 4 is 11.9 Å². The highest BCUT2D eigenvalue weighted by molar-refractivity contribution is 5.89. The van der Waals surface area contributed by atoms with E-state index in [0.29, 0.717) is 19.0 Å². The number of hydrogen-bond donors (Lipinski definition) is 2. The summed E-state index contributed by atoms with van der Waals surface area (Å²) in [5, 5.41) is 8.61. The Morgan fingerprint density at radius 3 is 2.78 bits per heavy atom. The smallest absolute Gasteiger partial charge is 0.317 e. The van der Waals surface area contributed by atoms with Crippen molar-refractivity contribution in [3.05, 3.63) is 41.8 Å². The molecule has 3 heterocycles. The van der Waals surface area contributed by atoms with E-state index >= 15 is 0 Å². The molecule has 3 rings (SSSR count). The van der Waals surface area contributed by atoms with Crippen LogP contribution in [0.5, 0.6) is 0 Å². The fourth-order valence-corrected chi connectivity index (χ4v) is 2.28. The second-order valence-electron chi connectivity index (χ2n) is 5.13. The molecule has 2 aromatic heterocycles. The van der Waals surface area contributed by atoms with Crippen LogP contribution in [0.25, 0.3) is 0 Å². The average Bonchev–Trinajstić information content (AvgIpc) is 3.01. The lowest BCUT2D eigenvalue weighted by Crippen LogP contribution is -2.52. The average molecular weight is 316 g/mol. The molecule has 2 aromatic rings. The van der Waals surface area contributed by atoms with Crippen LogP contribution in [-0.4, -0.2) is 52.1 Å². The van der Waals surface area contributed by atoms with Crippen LogP contribution in [-0.2, 0) is 6.54 Å². The lowest BCUT2D eigenvalue weighted by Gasteiger charge is -2.39. The highest BCUT2D eigenvalue weighted by Gasteiger charge is 2.31. The molecule has 1 saturated heterocycles. The standard InChI is InChI=1S/C14H16N6O3/c1-15-13(21)12-18-11(23-19-12)6-17-14(22)20-7-10(8-20)9-2-4-16-5-3-9/h2-5,10H,6-8H2,1H3,(H,15,21)(H,17,22). The van der Waals surface area contributed by atoms with E-state index in [-0.39, 0.29) is 24.3 Å². The van der Waals surface area contributed by atoms with Crippen molar-refractivity contribution in [2.24, 2.45) is 0 Å². The van der Waals surface area contributed by atoms with Gasteiger partial charge in [0.2, 0.25) is 5.89 Å². The molecule has 1 fully saturated rings. The fourth-order valence-electron chi connectivity index (χ4n) is 2.28. The van der Waals surface area contributed by atoms with Crippen LogP contribution in [0, 0.1) is 0 Å². The van der Waals surface area contributed by atoms with Gasteiger partial charge in [0, 0.05) is 38.4 Å². The molecule has 0 bridgehead atoms. The highest BCUT2D eigenvalue weighted by Crippen LogP contribution is 2.26. The third-order valence-electron chi connectivity index (χ3n) is 3.64. The Balaban J connectivity index is 1.46. The topological polar surface area (TPSA) is 113 Å². The molecular formula is C14H16N6O3. The van der Waals surface area contributed by atoms with Crippen molar-refractivity contribution in [3.63, 3.8) is 0 Å². The number of nitrogens with one attached hydrogen (secondary N) is 2. The number of pyridine rings is 1. The van der Waals surface area contributed by atoms with Crippen molar-refractivity contribution in [1.29, 1.82) is 0 Å². The number of carbonyl (C=O) groups is 2. The summed E-state index contributed by atoms with van der Waals surface area (Å²) in [5.41, 5.74) is 1.18. The molecule has 2 N–H and O–H groups in total. The number of nitrogens with zero attached hydrogens (tertiary/aromatic N) is 4. The lowest BCUT2D eigenvalue weighted by atomic mass is 9.93. The summed E-state index contributed by atoms with van der Waals surface area (Å²) in [7, 11) is 1.48. The van der Waals surface area contributed by atoms with E-state index < -0.39 is 5.91 Å². The zero-order chi connectivity index (χ0) is 16.2. The number of carbonyl (C=O) groups excluding carboxylic acids is 2. The maximum Gasteiger partial charge on any atom is 0.317 e. The fraction of sp³-hybridized carbons (Fsp3) is 0.357. The van der Waals surface area contributed by atoms with Gasteiger partial charge in [0.05, 0.1) is 6.54 Å². The summed E-state index contributed by atoms with van der Waals surface area (Å²) < 4.78 is 4.90. The lowest BCUT2D eigenvalue weighted by molar-refractivity contribution is 0.0949. The van der Waals surface area contributed by atoms with Crippen molar-refractivity contribution in [1.82, 2.24) is 30.7 Å². The van der Waals surface area contributed by atoms with E-state index in [1.807, 2.05) is 12.1 Å². The minimum absolute atomic E-state index is 0.0570. The second-order valence-corrected chi connectivity index (χ2v) is 5.13. The molecule has 0 radical (unpaired) electrons. The predicted molar refractivity (Wildman–Crippen MR) is 78.5 cm³/mol. The van der Waals surface area contributed by atoms with E-state index in [0.717, 1.165) is 0 Å². The first kappa shape index (κ1) is 14.9. The van der Waals surface area contributed by atoms with Gasteiger partial charge in [-0.3, -0.25) is 9.78 Å². The third-order valence-corrected chi connectivity index (χ3v) is 3.64. The Labute approximate surface area is 132 Å². The second kappa shape index (κ2) is 6.42. The van der Waals surface area contributed by atoms with Gasteiger partial charge < -0.3 is 20.1 Å². The van der Waals surface area contributed by atoms with Gasteiger partial charge in [0.15, 0.2) is 0 Å². The van der Waals surface area contributed by atoms with Gasteiger partial charge in [0.25, 0.3) is 11.7 Å². The molecule has 0 unspecified atom stereocenters. The van der Waals surface area contributed by atoms with Gasteiger partial charge in [-0.2, -0.15) is 4.98 Å². The van der Waals surface area contributed by atoms with Gasteiger partial charge in [-0.15, -0.1) is 0 Å². The summed E-state index contributed by atoms with van der Waals surface area (Å²) in [6, 6.07) is 3.71. The molecule has 0 atom stereocenters. The van der Waals surface area contributed by atoms with Gasteiger partial charge in [-0.25, -0.2) is 4.79 Å². The van der Waals surface area contributed by atoms with Crippen LogP contribution in [0.4, 0.5) is 4.79 Å². The first-order chi connectivity index (χ1) is 11.2. The molecular weight excluding hydrogens is 300 g/mol. The van der Waals surface area contributed by atoms with Crippen LogP contribution in [0.2, 0.25) is 0 Å². The number of amides is 3. The molecule has 0 spiro atoms. The minimum Gasteiger partial charge on any atom is -0.352 e. The third kappa shape index (κ3) is 3.28. The normalized spacial score (nSPS) is 14.2. The predicted octanol–water partition coefficient (Wildman–Crippen LogP) is 0.133.